The first-order chi connectivity index (χ1) is 3.46. The molecule has 2 amide bonds. The third-order valence-corrected chi connectivity index (χ3v) is 0. The van der Waals surface area contributed by atoms with Gasteiger partial charge in [0.1, 0.15) is 0 Å². The molecule has 0 aliphatic rings. The quantitative estimate of drug-likeness (QED) is 0.313. The number of hydrogen-bond donors (Lipinski definition) is 4. The van der Waals surface area contributed by atoms with Crippen molar-refractivity contribution in [3.8, 4) is 0 Å². The van der Waals surface area contributed by atoms with Crippen molar-refractivity contribution in [1.82, 2.24) is 0 Å². The van der Waals surface area contributed by atoms with Gasteiger partial charge in [-0.05, 0) is 0 Å². The van der Waals surface area contributed by atoms with Gasteiger partial charge >= 0.3 is 41.7 Å². The summed E-state index contributed by atoms with van der Waals surface area (Å²) in [7, 11) is 0. The zero-order valence-corrected chi connectivity index (χ0v) is 3.87. The van der Waals surface area contributed by atoms with Crippen LogP contribution in [0.2, 0.25) is 0 Å². The Morgan fingerprint density at radius 2 is 1.11 bits per heavy atom. The molecule has 0 heterocycles. The van der Waals surface area contributed by atoms with Crippen LogP contribution in [0.15, 0.2) is 0 Å². The summed E-state index contributed by atoms with van der Waals surface area (Å²) in [4.78, 5) is 17.6. The molecular formula is C2H7N2NaO4. The molecule has 0 saturated heterocycles. The van der Waals surface area contributed by atoms with E-state index in [1.54, 1.807) is 0 Å². The fourth-order valence-electron chi connectivity index (χ4n) is 0. The Balaban J connectivity index is -0.0000000720. The molecule has 0 aromatic heterocycles. The van der Waals surface area contributed by atoms with Crippen molar-refractivity contribution in [2.45, 2.75) is 0 Å². The third-order valence-electron chi connectivity index (χ3n) is 0. The molecule has 0 aromatic rings. The summed E-state index contributed by atoms with van der Waals surface area (Å²) < 4.78 is 0. The number of carbonyl (C=O) groups is 2. The number of primary amides is 2. The standard InChI is InChI=1S/CH4N2O.CH2O3.Na.H/c2*2-1(3)4;;/h(H4,2,3,4);(H2,2,3,4);;. The maximum atomic E-state index is 9.00. The number of carboxylic acid groups (broad SMARTS) is 2. The van der Waals surface area contributed by atoms with E-state index in [9.17, 15) is 0 Å². The van der Waals surface area contributed by atoms with Gasteiger partial charge in [-0.2, -0.15) is 0 Å². The predicted octanol–water partition coefficient (Wildman–Crippen LogP) is -1.40. The van der Waals surface area contributed by atoms with Gasteiger partial charge in [0.2, 0.25) is 0 Å². The molecule has 6 nitrogen and oxygen atoms in total. The Morgan fingerprint density at radius 1 is 1.11 bits per heavy atom. The molecule has 0 aliphatic carbocycles. The van der Waals surface area contributed by atoms with Crippen LogP contribution in [-0.2, 0) is 0 Å². The molecule has 0 fully saturated rings. The monoisotopic (exact) mass is 146 g/mol. The first-order valence-corrected chi connectivity index (χ1v) is 1.43. The molecule has 0 radical (unpaired) electrons. The van der Waals surface area contributed by atoms with E-state index in [2.05, 4.69) is 11.5 Å². The summed E-state index contributed by atoms with van der Waals surface area (Å²) >= 11 is 0. The number of amides is 2. The molecule has 0 aliphatic heterocycles. The number of hydrogen-bond acceptors (Lipinski definition) is 2. The van der Waals surface area contributed by atoms with Gasteiger partial charge in [0.05, 0.1) is 0 Å². The Kier molecular flexibility index (Phi) is 18.5. The number of carbonyl (C=O) groups excluding carboxylic acids is 1. The van der Waals surface area contributed by atoms with Crippen LogP contribution in [0.4, 0.5) is 9.59 Å². The van der Waals surface area contributed by atoms with Gasteiger partial charge < -0.3 is 21.7 Å². The van der Waals surface area contributed by atoms with Crippen LogP contribution in [-0.4, -0.2) is 52.0 Å². The Labute approximate surface area is 73.1 Å². The van der Waals surface area contributed by atoms with Crippen molar-refractivity contribution < 1.29 is 19.8 Å². The van der Waals surface area contributed by atoms with Crippen LogP contribution in [0, 0.1) is 0 Å². The molecular weight excluding hydrogens is 139 g/mol. The molecule has 0 atom stereocenters. The van der Waals surface area contributed by atoms with Crippen LogP contribution in [0.1, 0.15) is 0 Å². The normalized spacial score (nSPS) is 5.33. The summed E-state index contributed by atoms with van der Waals surface area (Å²) in [6.45, 7) is 0. The van der Waals surface area contributed by atoms with Gasteiger partial charge in [-0.1, -0.05) is 0 Å². The summed E-state index contributed by atoms with van der Waals surface area (Å²) in [6.07, 6.45) is -1.83. The van der Waals surface area contributed by atoms with Gasteiger partial charge in [-0.3, -0.25) is 0 Å². The average Bonchev–Trinajstić information content (AvgIpc) is 1.25. The van der Waals surface area contributed by atoms with Crippen LogP contribution in [0.5, 0.6) is 0 Å². The van der Waals surface area contributed by atoms with E-state index in [1.807, 2.05) is 0 Å². The Bertz CT molecular complexity index is 74.6. The predicted molar refractivity (Wildman–Crippen MR) is 31.6 cm³/mol. The van der Waals surface area contributed by atoms with Gasteiger partial charge in [0, 0.05) is 0 Å². The molecule has 0 aromatic carbocycles. The third kappa shape index (κ3) is 1090. The van der Waals surface area contributed by atoms with Gasteiger partial charge in [-0.15, -0.1) is 0 Å². The Hall–Kier alpha value is -0.460. The SMILES string of the molecule is NC(N)=O.O=C(O)O.[NaH]. The first kappa shape index (κ1) is 15.8. The number of urea groups is 1. The zero-order chi connectivity index (χ0) is 7.15. The average molecular weight is 146 g/mol. The Morgan fingerprint density at radius 3 is 1.11 bits per heavy atom. The second-order valence-corrected chi connectivity index (χ2v) is 0.685. The van der Waals surface area contributed by atoms with Crippen LogP contribution in [0.3, 0.4) is 0 Å². The van der Waals surface area contributed by atoms with E-state index in [-0.39, 0.29) is 29.6 Å². The van der Waals surface area contributed by atoms with E-state index in [1.165, 1.54) is 0 Å². The van der Waals surface area contributed by atoms with Crippen LogP contribution < -0.4 is 11.5 Å². The maximum absolute atomic E-state index is 9.00. The van der Waals surface area contributed by atoms with Crippen molar-refractivity contribution in [2.75, 3.05) is 0 Å². The van der Waals surface area contributed by atoms with Crippen molar-refractivity contribution in [1.29, 1.82) is 0 Å². The molecule has 7 heteroatoms. The molecule has 9 heavy (non-hydrogen) atoms. The number of rotatable bonds is 0. The van der Waals surface area contributed by atoms with E-state index in [0.717, 1.165) is 0 Å². The second kappa shape index (κ2) is 10.5. The zero-order valence-electron chi connectivity index (χ0n) is 3.87. The first-order valence-electron chi connectivity index (χ1n) is 1.43. The summed E-state index contributed by atoms with van der Waals surface area (Å²) in [5, 5.41) is 13.9. The van der Waals surface area contributed by atoms with E-state index in [4.69, 9.17) is 19.8 Å². The molecule has 50 valence electrons. The minimum absolute atomic E-state index is 0. The van der Waals surface area contributed by atoms with Gasteiger partial charge in [-0.25, -0.2) is 9.59 Å². The van der Waals surface area contributed by atoms with Crippen molar-refractivity contribution in [2.24, 2.45) is 11.5 Å². The van der Waals surface area contributed by atoms with Crippen LogP contribution >= 0.6 is 0 Å². The van der Waals surface area contributed by atoms with Gasteiger partial charge in [0.15, 0.2) is 0 Å². The van der Waals surface area contributed by atoms with E-state index < -0.39 is 12.2 Å². The van der Waals surface area contributed by atoms with Gasteiger partial charge in [0.25, 0.3) is 0 Å². The topological polar surface area (TPSA) is 127 Å². The molecule has 0 unspecified atom stereocenters. The fourth-order valence-corrected chi connectivity index (χ4v) is 0. The summed E-state index contributed by atoms with van der Waals surface area (Å²) in [6, 6.07) is -0.833. The van der Waals surface area contributed by atoms with Crippen molar-refractivity contribution in [3.05, 3.63) is 0 Å². The molecule has 0 rings (SSSR count). The summed E-state index contributed by atoms with van der Waals surface area (Å²) in [5.41, 5.74) is 8.50. The fraction of sp³-hybridized carbons (Fsp3) is 0. The molecule has 0 bridgehead atoms. The summed E-state index contributed by atoms with van der Waals surface area (Å²) in [5.74, 6) is 0. The van der Waals surface area contributed by atoms with Crippen molar-refractivity contribution >= 4 is 41.7 Å². The molecule has 0 saturated carbocycles. The van der Waals surface area contributed by atoms with Crippen LogP contribution in [0.25, 0.3) is 0 Å². The minimum atomic E-state index is -1.83. The number of nitrogens with two attached hydrogens (primary N) is 2. The molecule has 6 N–H and O–H groups in total. The van der Waals surface area contributed by atoms with E-state index >= 15 is 0 Å². The second-order valence-electron chi connectivity index (χ2n) is 0.685. The van der Waals surface area contributed by atoms with E-state index in [0.29, 0.717) is 0 Å². The molecule has 0 spiro atoms. The van der Waals surface area contributed by atoms with Crippen molar-refractivity contribution in [3.63, 3.8) is 0 Å².